The van der Waals surface area contributed by atoms with Crippen LogP contribution >= 0.6 is 0 Å². The summed E-state index contributed by atoms with van der Waals surface area (Å²) in [6.45, 7) is 0.489. The topological polar surface area (TPSA) is 61.8 Å². The fourth-order valence-electron chi connectivity index (χ4n) is 1.64. The molecule has 0 fully saturated rings. The first-order valence-corrected chi connectivity index (χ1v) is 5.47. The summed E-state index contributed by atoms with van der Waals surface area (Å²) in [4.78, 5) is 0. The van der Waals surface area contributed by atoms with Gasteiger partial charge >= 0.3 is 0 Å². The van der Waals surface area contributed by atoms with E-state index in [0.717, 1.165) is 5.56 Å². The van der Waals surface area contributed by atoms with Crippen LogP contribution in [0.25, 0.3) is 0 Å². The molecule has 0 amide bonds. The highest BCUT2D eigenvalue weighted by molar-refractivity contribution is 5.66. The second-order valence-corrected chi connectivity index (χ2v) is 3.87. The van der Waals surface area contributed by atoms with E-state index in [-0.39, 0.29) is 5.69 Å². The Morgan fingerprint density at radius 3 is 2.78 bits per heavy atom. The first-order valence-electron chi connectivity index (χ1n) is 5.47. The maximum atomic E-state index is 13.2. The van der Waals surface area contributed by atoms with Crippen LogP contribution in [-0.2, 0) is 6.54 Å². The molecule has 0 aliphatic carbocycles. The number of rotatable bonds is 3. The van der Waals surface area contributed by atoms with Crippen molar-refractivity contribution >= 4 is 11.4 Å². The monoisotopic (exact) mass is 241 g/mol. The van der Waals surface area contributed by atoms with Crippen molar-refractivity contribution < 1.29 is 4.39 Å². The van der Waals surface area contributed by atoms with Gasteiger partial charge in [-0.25, -0.2) is 4.39 Å². The molecule has 0 saturated heterocycles. The molecule has 0 spiro atoms. The lowest BCUT2D eigenvalue weighted by Gasteiger charge is -2.09. The van der Waals surface area contributed by atoms with Crippen molar-refractivity contribution in [2.75, 3.05) is 11.1 Å². The summed E-state index contributed by atoms with van der Waals surface area (Å²) in [6.07, 6.45) is 0. The lowest BCUT2D eigenvalue weighted by atomic mass is 10.1. The number of para-hydroxylation sites is 1. The van der Waals surface area contributed by atoms with Crippen molar-refractivity contribution in [1.29, 1.82) is 5.26 Å². The fraction of sp³-hybridized carbons (Fsp3) is 0.0714. The van der Waals surface area contributed by atoms with Crippen LogP contribution in [0, 0.1) is 17.1 Å². The second-order valence-electron chi connectivity index (χ2n) is 3.87. The predicted molar refractivity (Wildman–Crippen MR) is 69.3 cm³/mol. The average Bonchev–Trinajstić information content (AvgIpc) is 2.41. The number of hydrogen-bond acceptors (Lipinski definition) is 3. The third-order valence-corrected chi connectivity index (χ3v) is 2.59. The van der Waals surface area contributed by atoms with Gasteiger partial charge in [-0.15, -0.1) is 0 Å². The van der Waals surface area contributed by atoms with E-state index in [9.17, 15) is 4.39 Å². The number of nitrogens with two attached hydrogens (primary N) is 1. The summed E-state index contributed by atoms with van der Waals surface area (Å²) < 4.78 is 13.2. The van der Waals surface area contributed by atoms with Gasteiger partial charge in [-0.2, -0.15) is 5.26 Å². The third-order valence-electron chi connectivity index (χ3n) is 2.59. The van der Waals surface area contributed by atoms with Crippen molar-refractivity contribution in [3.8, 4) is 6.07 Å². The van der Waals surface area contributed by atoms with E-state index in [4.69, 9.17) is 11.0 Å². The number of benzene rings is 2. The van der Waals surface area contributed by atoms with Gasteiger partial charge in [0.15, 0.2) is 0 Å². The van der Waals surface area contributed by atoms with Crippen LogP contribution in [0.3, 0.4) is 0 Å². The summed E-state index contributed by atoms with van der Waals surface area (Å²) in [6, 6.07) is 13.9. The molecule has 0 saturated carbocycles. The Kier molecular flexibility index (Phi) is 3.44. The Balaban J connectivity index is 2.12. The van der Waals surface area contributed by atoms with E-state index in [1.165, 1.54) is 6.07 Å². The van der Waals surface area contributed by atoms with Crippen LogP contribution in [0.1, 0.15) is 11.1 Å². The lowest BCUT2D eigenvalue weighted by Crippen LogP contribution is -2.03. The summed E-state index contributed by atoms with van der Waals surface area (Å²) in [7, 11) is 0. The van der Waals surface area contributed by atoms with Crippen LogP contribution in [0.4, 0.5) is 15.8 Å². The Labute approximate surface area is 105 Å². The summed E-state index contributed by atoms with van der Waals surface area (Å²) in [5.41, 5.74) is 7.81. The molecule has 2 rings (SSSR count). The molecule has 18 heavy (non-hydrogen) atoms. The third kappa shape index (κ3) is 2.58. The fourth-order valence-corrected chi connectivity index (χ4v) is 1.64. The maximum Gasteiger partial charge on any atom is 0.148 e. The predicted octanol–water partition coefficient (Wildman–Crippen LogP) is 2.89. The smallest absolute Gasteiger partial charge is 0.148 e. The molecule has 3 N–H and O–H groups in total. The Morgan fingerprint density at radius 1 is 1.22 bits per heavy atom. The Hall–Kier alpha value is -2.54. The van der Waals surface area contributed by atoms with Crippen molar-refractivity contribution in [3.63, 3.8) is 0 Å². The second kappa shape index (κ2) is 5.19. The molecule has 0 atom stereocenters. The number of nitriles is 1. The lowest BCUT2D eigenvalue weighted by molar-refractivity contribution is 0.633. The number of hydrogen-bond donors (Lipinski definition) is 2. The molecule has 0 aliphatic rings. The van der Waals surface area contributed by atoms with Crippen molar-refractivity contribution in [2.24, 2.45) is 0 Å². The molecule has 3 nitrogen and oxygen atoms in total. The van der Waals surface area contributed by atoms with Crippen molar-refractivity contribution in [3.05, 3.63) is 59.4 Å². The minimum atomic E-state index is -0.439. The highest BCUT2D eigenvalue weighted by Crippen LogP contribution is 2.21. The number of nitrogens with one attached hydrogen (secondary N) is 1. The number of nitrogen functional groups attached to an aromatic ring is 1. The van der Waals surface area contributed by atoms with E-state index in [1.54, 1.807) is 24.3 Å². The molecule has 0 aliphatic heterocycles. The Bertz CT molecular complexity index is 602. The van der Waals surface area contributed by atoms with Crippen LogP contribution in [0.5, 0.6) is 0 Å². The van der Waals surface area contributed by atoms with Crippen LogP contribution in [0.2, 0.25) is 0 Å². The highest BCUT2D eigenvalue weighted by Gasteiger charge is 2.03. The number of halogens is 1. The zero-order valence-electron chi connectivity index (χ0n) is 9.65. The molecule has 0 bridgehead atoms. The molecule has 0 unspecified atom stereocenters. The van der Waals surface area contributed by atoms with Crippen LogP contribution in [0.15, 0.2) is 42.5 Å². The highest BCUT2D eigenvalue weighted by atomic mass is 19.1. The van der Waals surface area contributed by atoms with Gasteiger partial charge in [-0.05, 0) is 29.8 Å². The Morgan fingerprint density at radius 2 is 2.00 bits per heavy atom. The molecular weight excluding hydrogens is 229 g/mol. The number of anilines is 2. The molecule has 90 valence electrons. The van der Waals surface area contributed by atoms with Gasteiger partial charge in [0.1, 0.15) is 5.82 Å². The molecule has 0 radical (unpaired) electrons. The van der Waals surface area contributed by atoms with Gasteiger partial charge in [-0.1, -0.05) is 18.2 Å². The standard InChI is InChI=1S/C14H12FN3/c15-12-5-2-6-13(14(12)17)18-9-11-4-1-3-10(7-11)8-16/h1-7,18H,9,17H2. The van der Waals surface area contributed by atoms with Gasteiger partial charge in [0, 0.05) is 6.54 Å². The molecule has 2 aromatic carbocycles. The first kappa shape index (κ1) is 11.9. The van der Waals surface area contributed by atoms with E-state index in [1.807, 2.05) is 12.1 Å². The van der Waals surface area contributed by atoms with E-state index >= 15 is 0 Å². The molecular formula is C14H12FN3. The van der Waals surface area contributed by atoms with Gasteiger partial charge in [0.05, 0.1) is 23.0 Å². The van der Waals surface area contributed by atoms with E-state index in [0.29, 0.717) is 17.8 Å². The zero-order valence-corrected chi connectivity index (χ0v) is 9.65. The van der Waals surface area contributed by atoms with Crippen molar-refractivity contribution in [2.45, 2.75) is 6.54 Å². The quantitative estimate of drug-likeness (QED) is 0.812. The maximum absolute atomic E-state index is 13.2. The molecule has 0 heterocycles. The summed E-state index contributed by atoms with van der Waals surface area (Å²) >= 11 is 0. The molecule has 4 heteroatoms. The van der Waals surface area contributed by atoms with Crippen LogP contribution in [-0.4, -0.2) is 0 Å². The van der Waals surface area contributed by atoms with Gasteiger partial charge in [0.25, 0.3) is 0 Å². The van der Waals surface area contributed by atoms with Crippen molar-refractivity contribution in [1.82, 2.24) is 0 Å². The number of nitrogens with zero attached hydrogens (tertiary/aromatic N) is 1. The summed E-state index contributed by atoms with van der Waals surface area (Å²) in [5, 5.41) is 11.8. The average molecular weight is 241 g/mol. The minimum Gasteiger partial charge on any atom is -0.395 e. The SMILES string of the molecule is N#Cc1cccc(CNc2cccc(F)c2N)c1. The van der Waals surface area contributed by atoms with Gasteiger partial charge < -0.3 is 11.1 Å². The summed E-state index contributed by atoms with van der Waals surface area (Å²) in [5.74, 6) is -0.439. The largest absolute Gasteiger partial charge is 0.395 e. The molecule has 2 aromatic rings. The van der Waals surface area contributed by atoms with Gasteiger partial charge in [-0.3, -0.25) is 0 Å². The van der Waals surface area contributed by atoms with Crippen LogP contribution < -0.4 is 11.1 Å². The van der Waals surface area contributed by atoms with Gasteiger partial charge in [0.2, 0.25) is 0 Å². The zero-order chi connectivity index (χ0) is 13.0. The van der Waals surface area contributed by atoms with E-state index in [2.05, 4.69) is 11.4 Å². The molecule has 0 aromatic heterocycles. The van der Waals surface area contributed by atoms with E-state index < -0.39 is 5.82 Å². The normalized spacial score (nSPS) is 9.78. The minimum absolute atomic E-state index is 0.105. The first-order chi connectivity index (χ1) is 8.70.